The van der Waals surface area contributed by atoms with Gasteiger partial charge in [0, 0.05) is 19.2 Å². The number of hydrogen-bond donors (Lipinski definition) is 1. The summed E-state index contributed by atoms with van der Waals surface area (Å²) < 4.78 is 0. The largest absolute Gasteiger partial charge is 0.388 e. The summed E-state index contributed by atoms with van der Waals surface area (Å²) in [5.74, 6) is 0. The van der Waals surface area contributed by atoms with Crippen molar-refractivity contribution < 1.29 is 10.0 Å². The molecule has 94 valence electrons. The molecule has 1 aliphatic rings. The molecule has 6 heteroatoms. The van der Waals surface area contributed by atoms with Gasteiger partial charge < -0.3 is 10.0 Å². The fraction of sp³-hybridized carbons (Fsp3) is 0.417. The Balaban J connectivity index is 2.42. The highest BCUT2D eigenvalue weighted by Crippen LogP contribution is 2.34. The molecule has 1 atom stereocenters. The molecule has 2 rings (SSSR count). The Morgan fingerprint density at radius 2 is 2.33 bits per heavy atom. The van der Waals surface area contributed by atoms with Gasteiger partial charge in [0.05, 0.1) is 22.2 Å². The van der Waals surface area contributed by atoms with E-state index in [2.05, 4.69) is 0 Å². The Hall–Kier alpha value is -2.13. The first-order chi connectivity index (χ1) is 8.43. The van der Waals surface area contributed by atoms with E-state index in [-0.39, 0.29) is 5.69 Å². The molecule has 1 aromatic carbocycles. The SMILES string of the molecule is CC1(O)CCN(c2cc(C#N)ccc2[N+](=O)[O-])C1. The van der Waals surface area contributed by atoms with E-state index in [4.69, 9.17) is 5.26 Å². The van der Waals surface area contributed by atoms with Gasteiger partial charge in [0.2, 0.25) is 0 Å². The molecule has 0 aliphatic carbocycles. The Kier molecular flexibility index (Phi) is 2.93. The Bertz CT molecular complexity index is 534. The number of hydrogen-bond acceptors (Lipinski definition) is 5. The summed E-state index contributed by atoms with van der Waals surface area (Å²) in [5, 5.41) is 29.7. The average molecular weight is 247 g/mol. The molecule has 1 N–H and O–H groups in total. The Morgan fingerprint density at radius 3 is 2.83 bits per heavy atom. The maximum atomic E-state index is 11.0. The summed E-state index contributed by atoms with van der Waals surface area (Å²) in [6, 6.07) is 6.23. The lowest BCUT2D eigenvalue weighted by atomic mass is 10.1. The predicted octanol–water partition coefficient (Wildman–Crippen LogP) is 1.43. The van der Waals surface area contributed by atoms with Crippen molar-refractivity contribution in [1.29, 1.82) is 5.26 Å². The van der Waals surface area contributed by atoms with E-state index in [0.717, 1.165) is 0 Å². The smallest absolute Gasteiger partial charge is 0.292 e. The van der Waals surface area contributed by atoms with E-state index in [9.17, 15) is 15.2 Å². The number of β-amino-alcohol motifs (C(OH)–C–C–N with tert-alkyl or cyclic N) is 1. The third-order valence-electron chi connectivity index (χ3n) is 3.09. The van der Waals surface area contributed by atoms with E-state index in [1.165, 1.54) is 18.2 Å². The van der Waals surface area contributed by atoms with Crippen molar-refractivity contribution >= 4 is 11.4 Å². The molecule has 0 spiro atoms. The number of nitro benzene ring substituents is 1. The maximum absolute atomic E-state index is 11.0. The molecule has 1 aliphatic heterocycles. The predicted molar refractivity (Wildman–Crippen MR) is 65.3 cm³/mol. The van der Waals surface area contributed by atoms with Gasteiger partial charge in [0.1, 0.15) is 5.69 Å². The number of nitriles is 1. The highest BCUT2D eigenvalue weighted by atomic mass is 16.6. The van der Waals surface area contributed by atoms with Gasteiger partial charge in [-0.25, -0.2) is 0 Å². The van der Waals surface area contributed by atoms with Gasteiger partial charge >= 0.3 is 0 Å². The summed E-state index contributed by atoms with van der Waals surface area (Å²) in [6.45, 7) is 2.58. The van der Waals surface area contributed by atoms with Crippen LogP contribution in [0.2, 0.25) is 0 Å². The number of benzene rings is 1. The number of rotatable bonds is 2. The first-order valence-electron chi connectivity index (χ1n) is 5.59. The molecule has 18 heavy (non-hydrogen) atoms. The quantitative estimate of drug-likeness (QED) is 0.630. The van der Waals surface area contributed by atoms with E-state index in [0.29, 0.717) is 30.8 Å². The van der Waals surface area contributed by atoms with Crippen molar-refractivity contribution in [2.45, 2.75) is 18.9 Å². The van der Waals surface area contributed by atoms with Crippen LogP contribution in [0.25, 0.3) is 0 Å². The molecule has 0 amide bonds. The lowest BCUT2D eigenvalue weighted by Gasteiger charge is -2.20. The molecule has 0 aromatic heterocycles. The number of anilines is 1. The molecule has 1 heterocycles. The van der Waals surface area contributed by atoms with Gasteiger partial charge in [0.25, 0.3) is 5.69 Å². The maximum Gasteiger partial charge on any atom is 0.292 e. The van der Waals surface area contributed by atoms with Crippen LogP contribution in [0.15, 0.2) is 18.2 Å². The highest BCUT2D eigenvalue weighted by molar-refractivity contribution is 5.66. The lowest BCUT2D eigenvalue weighted by Crippen LogP contribution is -2.29. The van der Waals surface area contributed by atoms with Crippen LogP contribution >= 0.6 is 0 Å². The van der Waals surface area contributed by atoms with Crippen molar-refractivity contribution in [2.75, 3.05) is 18.0 Å². The fourth-order valence-corrected chi connectivity index (χ4v) is 2.15. The van der Waals surface area contributed by atoms with Gasteiger partial charge in [0.15, 0.2) is 0 Å². The van der Waals surface area contributed by atoms with Crippen LogP contribution in [0.3, 0.4) is 0 Å². The molecule has 0 saturated carbocycles. The standard InChI is InChI=1S/C12H13N3O3/c1-12(16)4-5-14(8-12)11-6-9(7-13)2-3-10(11)15(17)18/h2-3,6,16H,4-5,8H2,1H3. The highest BCUT2D eigenvalue weighted by Gasteiger charge is 2.34. The monoisotopic (exact) mass is 247 g/mol. The molecular formula is C12H13N3O3. The fourth-order valence-electron chi connectivity index (χ4n) is 2.15. The summed E-state index contributed by atoms with van der Waals surface area (Å²) >= 11 is 0. The van der Waals surface area contributed by atoms with Crippen molar-refractivity contribution in [3.05, 3.63) is 33.9 Å². The molecule has 1 aromatic rings. The van der Waals surface area contributed by atoms with Crippen LogP contribution in [0.1, 0.15) is 18.9 Å². The summed E-state index contributed by atoms with van der Waals surface area (Å²) in [6.07, 6.45) is 0.556. The van der Waals surface area contributed by atoms with Gasteiger partial charge in [-0.15, -0.1) is 0 Å². The molecule has 1 saturated heterocycles. The second kappa shape index (κ2) is 4.27. The van der Waals surface area contributed by atoms with Crippen LogP contribution in [-0.4, -0.2) is 28.7 Å². The second-order valence-electron chi connectivity index (χ2n) is 4.74. The van der Waals surface area contributed by atoms with Crippen molar-refractivity contribution in [3.63, 3.8) is 0 Å². The zero-order valence-corrected chi connectivity index (χ0v) is 9.96. The van der Waals surface area contributed by atoms with Gasteiger partial charge in [-0.05, 0) is 25.5 Å². The van der Waals surface area contributed by atoms with Crippen LogP contribution < -0.4 is 4.90 Å². The zero-order chi connectivity index (χ0) is 13.3. The van der Waals surface area contributed by atoms with E-state index in [1.807, 2.05) is 6.07 Å². The van der Waals surface area contributed by atoms with Crippen LogP contribution in [0.4, 0.5) is 11.4 Å². The first kappa shape index (κ1) is 12.3. The van der Waals surface area contributed by atoms with E-state index < -0.39 is 10.5 Å². The van der Waals surface area contributed by atoms with E-state index >= 15 is 0 Å². The number of aliphatic hydroxyl groups is 1. The van der Waals surface area contributed by atoms with Gasteiger partial charge in [-0.2, -0.15) is 5.26 Å². The average Bonchev–Trinajstić information content (AvgIpc) is 2.68. The van der Waals surface area contributed by atoms with Crippen molar-refractivity contribution in [1.82, 2.24) is 0 Å². The number of nitro groups is 1. The molecule has 0 radical (unpaired) electrons. The van der Waals surface area contributed by atoms with Gasteiger partial charge in [-0.3, -0.25) is 10.1 Å². The molecular weight excluding hydrogens is 234 g/mol. The Labute approximate surface area is 104 Å². The first-order valence-corrected chi connectivity index (χ1v) is 5.59. The minimum atomic E-state index is -0.837. The Morgan fingerprint density at radius 1 is 1.61 bits per heavy atom. The topological polar surface area (TPSA) is 90.4 Å². The number of nitrogens with zero attached hydrogens (tertiary/aromatic N) is 3. The third-order valence-corrected chi connectivity index (χ3v) is 3.09. The molecule has 1 fully saturated rings. The van der Waals surface area contributed by atoms with Crippen LogP contribution in [0, 0.1) is 21.4 Å². The van der Waals surface area contributed by atoms with E-state index in [1.54, 1.807) is 11.8 Å². The summed E-state index contributed by atoms with van der Waals surface area (Å²) in [5.41, 5.74) is -0.0954. The van der Waals surface area contributed by atoms with Crippen molar-refractivity contribution in [2.24, 2.45) is 0 Å². The molecule has 0 bridgehead atoms. The zero-order valence-electron chi connectivity index (χ0n) is 9.96. The minimum Gasteiger partial charge on any atom is -0.388 e. The lowest BCUT2D eigenvalue weighted by molar-refractivity contribution is -0.384. The van der Waals surface area contributed by atoms with Crippen molar-refractivity contribution in [3.8, 4) is 6.07 Å². The second-order valence-corrected chi connectivity index (χ2v) is 4.74. The third kappa shape index (κ3) is 2.26. The van der Waals surface area contributed by atoms with Crippen LogP contribution in [-0.2, 0) is 0 Å². The summed E-state index contributed by atoms with van der Waals surface area (Å²) in [7, 11) is 0. The molecule has 1 unspecified atom stereocenters. The minimum absolute atomic E-state index is 0.0355. The van der Waals surface area contributed by atoms with Gasteiger partial charge in [-0.1, -0.05) is 0 Å². The summed E-state index contributed by atoms with van der Waals surface area (Å²) in [4.78, 5) is 12.3. The van der Waals surface area contributed by atoms with Crippen LogP contribution in [0.5, 0.6) is 0 Å². The molecule has 6 nitrogen and oxygen atoms in total. The normalized spacial score (nSPS) is 22.8.